The van der Waals surface area contributed by atoms with Gasteiger partial charge in [-0.05, 0) is 75.8 Å². The predicted molar refractivity (Wildman–Crippen MR) is 114 cm³/mol. The Kier molecular flexibility index (Phi) is 5.73. The van der Waals surface area contributed by atoms with Gasteiger partial charge in [0.15, 0.2) is 0 Å². The molecule has 1 unspecified atom stereocenters. The van der Waals surface area contributed by atoms with Gasteiger partial charge in [0, 0.05) is 19.3 Å². The van der Waals surface area contributed by atoms with Crippen LogP contribution in [0.25, 0.3) is 0 Å². The van der Waals surface area contributed by atoms with E-state index in [1.807, 2.05) is 47.7 Å². The van der Waals surface area contributed by atoms with Crippen molar-refractivity contribution in [2.45, 2.75) is 89.2 Å². The van der Waals surface area contributed by atoms with Gasteiger partial charge in [0.2, 0.25) is 5.79 Å². The van der Waals surface area contributed by atoms with Crippen LogP contribution in [0.2, 0.25) is 0 Å². The fraction of sp³-hybridized carbons (Fsp3) is 0.583. The molecule has 2 aliphatic rings. The van der Waals surface area contributed by atoms with E-state index in [-0.39, 0.29) is 0 Å². The largest absolute Gasteiger partial charge is 0.356 e. The van der Waals surface area contributed by atoms with Crippen LogP contribution >= 0.6 is 0 Å². The highest BCUT2D eigenvalue weighted by Gasteiger charge is 2.28. The first-order valence-corrected chi connectivity index (χ1v) is 10.9. The second-order valence-electron chi connectivity index (χ2n) is 8.98. The highest BCUT2D eigenvalue weighted by Crippen LogP contribution is 2.30. The van der Waals surface area contributed by atoms with Gasteiger partial charge in [0.25, 0.3) is 0 Å². The molecule has 2 heterocycles. The predicted octanol–water partition coefficient (Wildman–Crippen LogP) is 3.83. The van der Waals surface area contributed by atoms with Crippen molar-refractivity contribution in [1.82, 2.24) is 19.6 Å². The smallest absolute Gasteiger partial charge is 0.229 e. The average molecular weight is 407 g/mol. The van der Waals surface area contributed by atoms with Crippen molar-refractivity contribution in [2.75, 3.05) is 0 Å². The van der Waals surface area contributed by atoms with Gasteiger partial charge in [-0.1, -0.05) is 18.8 Å². The summed E-state index contributed by atoms with van der Waals surface area (Å²) in [6, 6.07) is 4.78. The number of hydrogen-bond donors (Lipinski definition) is 1. The zero-order valence-electron chi connectivity index (χ0n) is 18.1. The lowest BCUT2D eigenvalue weighted by Gasteiger charge is -2.27. The van der Waals surface area contributed by atoms with Crippen LogP contribution in [0.15, 0.2) is 24.5 Å². The van der Waals surface area contributed by atoms with Crippen LogP contribution in [0.3, 0.4) is 0 Å². The van der Waals surface area contributed by atoms with Crippen LogP contribution in [0.1, 0.15) is 89.2 Å². The van der Waals surface area contributed by atoms with Crippen molar-refractivity contribution >= 4 is 0 Å². The molecule has 0 bridgehead atoms. The van der Waals surface area contributed by atoms with E-state index in [0.717, 1.165) is 0 Å². The summed E-state index contributed by atoms with van der Waals surface area (Å²) < 4.78 is 9.79. The standard InChI is InChI=1S/C24H30N4O2/c1-23(2,15-11-19-13-17-27(25-19)21-7-4-5-8-21)30-24(3,29)16-12-20-14-18-28(26-20)22-9-6-10-22/h13-14,17-18,21-22,29H,4-10H2,1-3H3. The lowest BCUT2D eigenvalue weighted by Crippen LogP contribution is -2.37. The van der Waals surface area contributed by atoms with E-state index in [4.69, 9.17) is 4.74 Å². The Morgan fingerprint density at radius 1 is 0.867 bits per heavy atom. The summed E-state index contributed by atoms with van der Waals surface area (Å²) in [5.41, 5.74) is 0.457. The molecule has 2 aromatic rings. The summed E-state index contributed by atoms with van der Waals surface area (Å²) in [4.78, 5) is 0. The summed E-state index contributed by atoms with van der Waals surface area (Å²) in [6.45, 7) is 5.16. The van der Waals surface area contributed by atoms with Crippen LogP contribution < -0.4 is 0 Å². The first kappa shape index (κ1) is 20.7. The number of rotatable bonds is 4. The lowest BCUT2D eigenvalue weighted by atomic mass is 9.93. The molecule has 0 aliphatic heterocycles. The maximum Gasteiger partial charge on any atom is 0.229 e. The Hall–Kier alpha value is -2.54. The lowest BCUT2D eigenvalue weighted by molar-refractivity contribution is -0.190. The van der Waals surface area contributed by atoms with Crippen LogP contribution in [0, 0.1) is 23.7 Å². The molecular formula is C24H30N4O2. The van der Waals surface area contributed by atoms with E-state index in [2.05, 4.69) is 33.9 Å². The second kappa shape index (κ2) is 8.30. The molecule has 6 nitrogen and oxygen atoms in total. The third kappa shape index (κ3) is 5.14. The molecular weight excluding hydrogens is 376 g/mol. The minimum Gasteiger partial charge on any atom is -0.356 e. The van der Waals surface area contributed by atoms with Gasteiger partial charge in [0.1, 0.15) is 17.0 Å². The van der Waals surface area contributed by atoms with E-state index in [1.54, 1.807) is 0 Å². The summed E-state index contributed by atoms with van der Waals surface area (Å²) in [5, 5.41) is 19.7. The van der Waals surface area contributed by atoms with Gasteiger partial charge in [-0.2, -0.15) is 10.2 Å². The minimum absolute atomic E-state index is 0.490. The second-order valence-corrected chi connectivity index (χ2v) is 8.98. The number of aromatic nitrogens is 4. The Balaban J connectivity index is 1.38. The summed E-state index contributed by atoms with van der Waals surface area (Å²) in [5.74, 6) is 10.2. The first-order valence-electron chi connectivity index (χ1n) is 10.9. The van der Waals surface area contributed by atoms with Crippen LogP contribution in [-0.4, -0.2) is 36.1 Å². The Morgan fingerprint density at radius 3 is 1.87 bits per heavy atom. The highest BCUT2D eigenvalue weighted by atomic mass is 16.6. The minimum atomic E-state index is -1.64. The molecule has 4 rings (SSSR count). The Bertz CT molecular complexity index is 999. The van der Waals surface area contributed by atoms with Crippen LogP contribution in [0.4, 0.5) is 0 Å². The fourth-order valence-corrected chi connectivity index (χ4v) is 3.98. The SMILES string of the molecule is CC(C)(C#Cc1ccn(C2CCCC2)n1)OC(C)(O)C#Cc1ccn(C2CCC2)n1. The van der Waals surface area contributed by atoms with E-state index < -0.39 is 11.4 Å². The molecule has 1 atom stereocenters. The monoisotopic (exact) mass is 406 g/mol. The Morgan fingerprint density at radius 2 is 1.37 bits per heavy atom. The molecule has 1 N–H and O–H groups in total. The van der Waals surface area contributed by atoms with E-state index in [1.165, 1.54) is 51.9 Å². The summed E-state index contributed by atoms with van der Waals surface area (Å²) in [7, 11) is 0. The molecule has 6 heteroatoms. The molecule has 158 valence electrons. The summed E-state index contributed by atoms with van der Waals surface area (Å²) >= 11 is 0. The van der Waals surface area contributed by atoms with Gasteiger partial charge in [0.05, 0.1) is 12.1 Å². The van der Waals surface area contributed by atoms with Gasteiger partial charge < -0.3 is 9.84 Å². The number of aliphatic hydroxyl groups is 1. The zero-order valence-corrected chi connectivity index (χ0v) is 18.1. The van der Waals surface area contributed by atoms with E-state index in [0.29, 0.717) is 23.5 Å². The third-order valence-corrected chi connectivity index (χ3v) is 5.73. The molecule has 30 heavy (non-hydrogen) atoms. The molecule has 0 saturated heterocycles. The van der Waals surface area contributed by atoms with E-state index in [9.17, 15) is 5.11 Å². The molecule has 0 spiro atoms. The normalized spacial score (nSPS) is 19.3. The first-order chi connectivity index (χ1) is 14.3. The van der Waals surface area contributed by atoms with Crippen molar-refractivity contribution in [1.29, 1.82) is 0 Å². The Labute approximate surface area is 178 Å². The van der Waals surface area contributed by atoms with Crippen molar-refractivity contribution in [2.24, 2.45) is 0 Å². The van der Waals surface area contributed by atoms with Crippen LogP contribution in [-0.2, 0) is 4.74 Å². The van der Waals surface area contributed by atoms with Crippen molar-refractivity contribution in [3.05, 3.63) is 35.9 Å². The van der Waals surface area contributed by atoms with Gasteiger partial charge in [-0.3, -0.25) is 9.36 Å². The molecule has 2 aliphatic carbocycles. The number of ether oxygens (including phenoxy) is 1. The molecule has 0 amide bonds. The van der Waals surface area contributed by atoms with Gasteiger partial charge in [-0.25, -0.2) is 0 Å². The van der Waals surface area contributed by atoms with Crippen LogP contribution in [0.5, 0.6) is 0 Å². The maximum absolute atomic E-state index is 10.6. The van der Waals surface area contributed by atoms with E-state index >= 15 is 0 Å². The molecule has 2 fully saturated rings. The van der Waals surface area contributed by atoms with Crippen molar-refractivity contribution in [3.8, 4) is 23.7 Å². The fourth-order valence-electron chi connectivity index (χ4n) is 3.98. The third-order valence-electron chi connectivity index (χ3n) is 5.73. The molecule has 2 saturated carbocycles. The van der Waals surface area contributed by atoms with Crippen molar-refractivity contribution in [3.63, 3.8) is 0 Å². The number of nitrogens with zero attached hydrogens (tertiary/aromatic N) is 4. The molecule has 2 aromatic heterocycles. The van der Waals surface area contributed by atoms with Gasteiger partial charge >= 0.3 is 0 Å². The topological polar surface area (TPSA) is 65.1 Å². The number of hydrogen-bond acceptors (Lipinski definition) is 4. The quantitative estimate of drug-likeness (QED) is 0.619. The van der Waals surface area contributed by atoms with Crippen molar-refractivity contribution < 1.29 is 9.84 Å². The molecule has 0 radical (unpaired) electrons. The zero-order chi connectivity index (χ0) is 21.2. The highest BCUT2D eigenvalue weighted by molar-refractivity contribution is 5.31. The average Bonchev–Trinajstić information content (AvgIpc) is 3.37. The molecule has 0 aromatic carbocycles. The summed E-state index contributed by atoms with van der Waals surface area (Å²) in [6.07, 6.45) is 12.4. The van der Waals surface area contributed by atoms with Gasteiger partial charge in [-0.15, -0.1) is 0 Å². The maximum atomic E-state index is 10.6.